The lowest BCUT2D eigenvalue weighted by Crippen LogP contribution is -2.48. The predicted molar refractivity (Wildman–Crippen MR) is 90.1 cm³/mol. The maximum absolute atomic E-state index is 13.5. The van der Waals surface area contributed by atoms with Crippen molar-refractivity contribution in [2.45, 2.75) is 20.4 Å². The summed E-state index contributed by atoms with van der Waals surface area (Å²) in [6.07, 6.45) is 0. The van der Waals surface area contributed by atoms with Crippen LogP contribution in [0.1, 0.15) is 27.4 Å². The lowest BCUT2D eigenvalue weighted by Gasteiger charge is -2.34. The molecule has 2 aromatic rings. The summed E-state index contributed by atoms with van der Waals surface area (Å²) in [4.78, 5) is 16.7. The van der Waals surface area contributed by atoms with Gasteiger partial charge in [0, 0.05) is 38.3 Å². The van der Waals surface area contributed by atoms with Crippen LogP contribution in [0, 0.1) is 19.7 Å². The van der Waals surface area contributed by atoms with Crippen LogP contribution in [0.3, 0.4) is 0 Å². The maximum atomic E-state index is 13.5. The van der Waals surface area contributed by atoms with Crippen LogP contribution >= 0.6 is 0 Å². The van der Waals surface area contributed by atoms with Gasteiger partial charge in [0.05, 0.1) is 12.8 Å². The molecular formula is C18H22FN3O3. The quantitative estimate of drug-likeness (QED) is 0.850. The van der Waals surface area contributed by atoms with Crippen LogP contribution in [-0.4, -0.2) is 54.2 Å². The summed E-state index contributed by atoms with van der Waals surface area (Å²) >= 11 is 0. The topological polar surface area (TPSA) is 58.8 Å². The van der Waals surface area contributed by atoms with Gasteiger partial charge >= 0.3 is 0 Å². The summed E-state index contributed by atoms with van der Waals surface area (Å²) in [5.74, 6) is 0.910. The minimum atomic E-state index is -0.275. The molecular weight excluding hydrogens is 325 g/mol. The average Bonchev–Trinajstić information content (AvgIpc) is 2.94. The van der Waals surface area contributed by atoms with Gasteiger partial charge in [-0.25, -0.2) is 4.39 Å². The normalized spacial score (nSPS) is 15.4. The molecule has 0 N–H and O–H groups in total. The van der Waals surface area contributed by atoms with Gasteiger partial charge in [0.25, 0.3) is 5.91 Å². The van der Waals surface area contributed by atoms with Crippen LogP contribution in [0.25, 0.3) is 0 Å². The molecule has 1 fully saturated rings. The number of methoxy groups -OCH3 is 1. The van der Waals surface area contributed by atoms with Crippen LogP contribution in [0.4, 0.5) is 4.39 Å². The first-order chi connectivity index (χ1) is 12.0. The van der Waals surface area contributed by atoms with Crippen molar-refractivity contribution < 1.29 is 18.4 Å². The van der Waals surface area contributed by atoms with Crippen molar-refractivity contribution in [1.82, 2.24) is 15.0 Å². The number of ether oxygens (including phenoxy) is 1. The second kappa shape index (κ2) is 7.23. The van der Waals surface area contributed by atoms with Gasteiger partial charge in [0.2, 0.25) is 0 Å². The summed E-state index contributed by atoms with van der Waals surface area (Å²) < 4.78 is 23.9. The fourth-order valence-corrected chi connectivity index (χ4v) is 3.17. The third-order valence-electron chi connectivity index (χ3n) is 4.54. The third-order valence-corrected chi connectivity index (χ3v) is 4.54. The smallest absolute Gasteiger partial charge is 0.259 e. The Morgan fingerprint density at radius 1 is 1.28 bits per heavy atom. The molecule has 1 aliphatic heterocycles. The van der Waals surface area contributed by atoms with Gasteiger partial charge in [-0.15, -0.1) is 0 Å². The first-order valence-electron chi connectivity index (χ1n) is 8.26. The Hall–Kier alpha value is -2.41. The number of halogens is 1. The van der Waals surface area contributed by atoms with E-state index in [4.69, 9.17) is 9.26 Å². The molecule has 25 heavy (non-hydrogen) atoms. The Bertz CT molecular complexity index is 747. The number of nitrogens with zero attached hydrogens (tertiary/aromatic N) is 3. The Labute approximate surface area is 146 Å². The fourth-order valence-electron chi connectivity index (χ4n) is 3.17. The van der Waals surface area contributed by atoms with Crippen LogP contribution in [0.5, 0.6) is 5.75 Å². The van der Waals surface area contributed by atoms with Crippen molar-refractivity contribution >= 4 is 5.91 Å². The second-order valence-electron chi connectivity index (χ2n) is 6.22. The Morgan fingerprint density at radius 2 is 2.00 bits per heavy atom. The molecule has 0 bridgehead atoms. The maximum Gasteiger partial charge on any atom is 0.259 e. The van der Waals surface area contributed by atoms with E-state index in [-0.39, 0.29) is 11.7 Å². The number of hydrogen-bond acceptors (Lipinski definition) is 5. The van der Waals surface area contributed by atoms with E-state index in [0.717, 1.165) is 18.7 Å². The fraction of sp³-hybridized carbons (Fsp3) is 0.444. The molecule has 1 saturated heterocycles. The number of rotatable bonds is 4. The molecule has 0 radical (unpaired) electrons. The highest BCUT2D eigenvalue weighted by molar-refractivity contribution is 5.96. The van der Waals surface area contributed by atoms with Gasteiger partial charge in [0.15, 0.2) is 0 Å². The summed E-state index contributed by atoms with van der Waals surface area (Å²) in [5.41, 5.74) is 1.99. The van der Waals surface area contributed by atoms with Gasteiger partial charge < -0.3 is 14.2 Å². The molecule has 1 aromatic heterocycles. The van der Waals surface area contributed by atoms with E-state index in [2.05, 4.69) is 10.1 Å². The highest BCUT2D eigenvalue weighted by Crippen LogP contribution is 2.22. The van der Waals surface area contributed by atoms with Crippen LogP contribution in [0.15, 0.2) is 22.7 Å². The first kappa shape index (κ1) is 17.4. The highest BCUT2D eigenvalue weighted by Gasteiger charge is 2.27. The van der Waals surface area contributed by atoms with Crippen molar-refractivity contribution in [3.63, 3.8) is 0 Å². The van der Waals surface area contributed by atoms with Crippen molar-refractivity contribution in [3.8, 4) is 5.75 Å². The average molecular weight is 347 g/mol. The second-order valence-corrected chi connectivity index (χ2v) is 6.22. The van der Waals surface area contributed by atoms with Crippen molar-refractivity contribution in [3.05, 3.63) is 46.6 Å². The number of piperazine rings is 1. The standard InChI is InChI=1S/C18H22FN3O3/c1-12-17(13(2)25-20-12)18(23)22-8-6-21(7-9-22)11-14-10-15(19)4-5-16(14)24-3/h4-5,10H,6-9,11H2,1-3H3. The number of amides is 1. The minimum absolute atomic E-state index is 0.0424. The van der Waals surface area contributed by atoms with Gasteiger partial charge in [-0.3, -0.25) is 9.69 Å². The lowest BCUT2D eigenvalue weighted by atomic mass is 10.1. The van der Waals surface area contributed by atoms with E-state index in [1.807, 2.05) is 4.90 Å². The number of carbonyl (C=O) groups is 1. The monoisotopic (exact) mass is 347 g/mol. The van der Waals surface area contributed by atoms with Crippen LogP contribution in [-0.2, 0) is 6.54 Å². The van der Waals surface area contributed by atoms with E-state index in [1.54, 1.807) is 27.0 Å². The zero-order valence-electron chi connectivity index (χ0n) is 14.7. The number of aryl methyl sites for hydroxylation is 2. The number of hydrogen-bond donors (Lipinski definition) is 0. The van der Waals surface area contributed by atoms with E-state index in [0.29, 0.717) is 42.4 Å². The van der Waals surface area contributed by atoms with Crippen molar-refractivity contribution in [2.24, 2.45) is 0 Å². The molecule has 2 heterocycles. The number of aromatic nitrogens is 1. The first-order valence-corrected chi connectivity index (χ1v) is 8.26. The molecule has 1 aromatic carbocycles. The summed E-state index contributed by atoms with van der Waals surface area (Å²) in [6, 6.07) is 4.53. The summed E-state index contributed by atoms with van der Waals surface area (Å²) in [5, 5.41) is 3.85. The molecule has 6 nitrogen and oxygen atoms in total. The lowest BCUT2D eigenvalue weighted by molar-refractivity contribution is 0.0625. The van der Waals surface area contributed by atoms with Gasteiger partial charge in [-0.1, -0.05) is 5.16 Å². The number of carbonyl (C=O) groups excluding carboxylic acids is 1. The van der Waals surface area contributed by atoms with Gasteiger partial charge in [-0.05, 0) is 32.0 Å². The molecule has 0 aliphatic carbocycles. The van der Waals surface area contributed by atoms with Crippen molar-refractivity contribution in [2.75, 3.05) is 33.3 Å². The largest absolute Gasteiger partial charge is 0.496 e. The Kier molecular flexibility index (Phi) is 5.03. The Balaban J connectivity index is 1.63. The van der Waals surface area contributed by atoms with Crippen molar-refractivity contribution in [1.29, 1.82) is 0 Å². The van der Waals surface area contributed by atoms with E-state index in [1.165, 1.54) is 12.1 Å². The van der Waals surface area contributed by atoms with Crippen LogP contribution < -0.4 is 4.74 Å². The predicted octanol–water partition coefficient (Wildman–Crippen LogP) is 2.40. The Morgan fingerprint density at radius 3 is 2.60 bits per heavy atom. The molecule has 0 atom stereocenters. The van der Waals surface area contributed by atoms with E-state index < -0.39 is 0 Å². The van der Waals surface area contributed by atoms with E-state index >= 15 is 0 Å². The zero-order chi connectivity index (χ0) is 18.0. The summed E-state index contributed by atoms with van der Waals surface area (Å²) in [6.45, 7) is 6.77. The van der Waals surface area contributed by atoms with Gasteiger partial charge in [0.1, 0.15) is 22.9 Å². The third kappa shape index (κ3) is 3.66. The molecule has 0 saturated carbocycles. The summed E-state index contributed by atoms with van der Waals surface area (Å²) in [7, 11) is 1.58. The number of benzene rings is 1. The molecule has 3 rings (SSSR count). The molecule has 134 valence electrons. The van der Waals surface area contributed by atoms with Gasteiger partial charge in [-0.2, -0.15) is 0 Å². The zero-order valence-corrected chi connectivity index (χ0v) is 14.7. The highest BCUT2D eigenvalue weighted by atomic mass is 19.1. The molecule has 0 spiro atoms. The SMILES string of the molecule is COc1ccc(F)cc1CN1CCN(C(=O)c2c(C)noc2C)CC1. The minimum Gasteiger partial charge on any atom is -0.496 e. The molecule has 1 aliphatic rings. The molecule has 1 amide bonds. The van der Waals surface area contributed by atoms with Crippen LogP contribution in [0.2, 0.25) is 0 Å². The molecule has 7 heteroatoms. The van der Waals surface area contributed by atoms with E-state index in [9.17, 15) is 9.18 Å². The molecule has 0 unspecified atom stereocenters.